The monoisotopic (exact) mass is 480 g/mol. The highest BCUT2D eigenvalue weighted by atomic mass is 35.5. The van der Waals surface area contributed by atoms with Crippen LogP contribution in [0.4, 0.5) is 22.7 Å². The first-order valence-electron chi connectivity index (χ1n) is 10.6. The zero-order chi connectivity index (χ0) is 23.3. The Balaban J connectivity index is 0.000000182. The number of nitro groups is 1. The number of benzene rings is 2. The maximum absolute atomic E-state index is 10.7. The molecule has 0 atom stereocenters. The van der Waals surface area contributed by atoms with Crippen molar-refractivity contribution >= 4 is 46.0 Å². The van der Waals surface area contributed by atoms with Crippen LogP contribution in [-0.2, 0) is 0 Å². The van der Waals surface area contributed by atoms with Gasteiger partial charge in [0.15, 0.2) is 0 Å². The summed E-state index contributed by atoms with van der Waals surface area (Å²) in [4.78, 5) is 19.3. The molecule has 2 aliphatic heterocycles. The van der Waals surface area contributed by atoms with Crippen molar-refractivity contribution in [3.63, 3.8) is 0 Å². The third-order valence-electron chi connectivity index (χ3n) is 5.85. The number of likely N-dealkylation sites (N-methyl/N-ethyl adjacent to an activating group) is 2. The van der Waals surface area contributed by atoms with Crippen molar-refractivity contribution in [2.75, 3.05) is 82.0 Å². The molecular formula is C22H30Cl2N6O2. The van der Waals surface area contributed by atoms with Crippen LogP contribution >= 0.6 is 23.2 Å². The minimum Gasteiger partial charge on any atom is -0.398 e. The highest BCUT2D eigenvalue weighted by Crippen LogP contribution is 2.29. The van der Waals surface area contributed by atoms with Crippen LogP contribution in [0.15, 0.2) is 36.4 Å². The lowest BCUT2D eigenvalue weighted by atomic mass is 10.2. The van der Waals surface area contributed by atoms with E-state index in [1.165, 1.54) is 11.8 Å². The van der Waals surface area contributed by atoms with Gasteiger partial charge < -0.3 is 25.3 Å². The average Bonchev–Trinajstić information content (AvgIpc) is 2.77. The van der Waals surface area contributed by atoms with Crippen LogP contribution in [0.3, 0.4) is 0 Å². The largest absolute Gasteiger partial charge is 0.398 e. The summed E-state index contributed by atoms with van der Waals surface area (Å²) < 4.78 is 0. The highest BCUT2D eigenvalue weighted by Gasteiger charge is 2.18. The third kappa shape index (κ3) is 6.38. The van der Waals surface area contributed by atoms with E-state index in [-0.39, 0.29) is 10.7 Å². The predicted molar refractivity (Wildman–Crippen MR) is 133 cm³/mol. The van der Waals surface area contributed by atoms with Gasteiger partial charge in [-0.05, 0) is 44.4 Å². The Morgan fingerprint density at radius 1 is 0.781 bits per heavy atom. The molecule has 10 heteroatoms. The van der Waals surface area contributed by atoms with Gasteiger partial charge in [-0.3, -0.25) is 10.1 Å². The Morgan fingerprint density at radius 3 is 1.62 bits per heavy atom. The Morgan fingerprint density at radius 2 is 1.22 bits per heavy atom. The van der Waals surface area contributed by atoms with Gasteiger partial charge in [0.2, 0.25) is 0 Å². The zero-order valence-corrected chi connectivity index (χ0v) is 20.0. The minimum atomic E-state index is -0.462. The van der Waals surface area contributed by atoms with E-state index >= 15 is 0 Å². The van der Waals surface area contributed by atoms with Crippen LogP contribution < -0.4 is 15.5 Å². The predicted octanol–water partition coefficient (Wildman–Crippen LogP) is 3.67. The summed E-state index contributed by atoms with van der Waals surface area (Å²) in [5, 5.41) is 11.5. The standard InChI is InChI=1S/C11H14ClN3O2.C11H16ClN3/c1-13-4-6-14(7-5-13)9-2-3-11(15(16)17)10(12)8-9;1-14-4-6-15(7-5-14)9-2-3-11(13)10(12)8-9/h2-3,8H,4-7H2,1H3;2-3,8H,4-7,13H2,1H3. The lowest BCUT2D eigenvalue weighted by Crippen LogP contribution is -2.44. The summed E-state index contributed by atoms with van der Waals surface area (Å²) in [5.74, 6) is 0. The fraction of sp³-hybridized carbons (Fsp3) is 0.455. The van der Waals surface area contributed by atoms with E-state index < -0.39 is 4.92 Å². The normalized spacial score (nSPS) is 17.6. The third-order valence-corrected chi connectivity index (χ3v) is 6.48. The highest BCUT2D eigenvalue weighted by molar-refractivity contribution is 6.33. The van der Waals surface area contributed by atoms with Gasteiger partial charge in [0, 0.05) is 69.8 Å². The summed E-state index contributed by atoms with van der Waals surface area (Å²) in [6, 6.07) is 10.8. The van der Waals surface area contributed by atoms with Crippen LogP contribution in [0.2, 0.25) is 10.0 Å². The van der Waals surface area contributed by atoms with Gasteiger partial charge in [-0.1, -0.05) is 23.2 Å². The summed E-state index contributed by atoms with van der Waals surface area (Å²) >= 11 is 11.9. The molecule has 2 heterocycles. The smallest absolute Gasteiger partial charge is 0.288 e. The summed E-state index contributed by atoms with van der Waals surface area (Å²) in [5.41, 5.74) is 8.41. The number of nitrogens with zero attached hydrogens (tertiary/aromatic N) is 5. The minimum absolute atomic E-state index is 0.0375. The maximum Gasteiger partial charge on any atom is 0.288 e. The number of rotatable bonds is 3. The van der Waals surface area contributed by atoms with E-state index in [0.717, 1.165) is 58.0 Å². The second kappa shape index (κ2) is 11.0. The number of nitro benzene ring substituents is 1. The van der Waals surface area contributed by atoms with E-state index in [1.807, 2.05) is 18.2 Å². The number of nitrogens with two attached hydrogens (primary N) is 1. The van der Waals surface area contributed by atoms with Crippen LogP contribution in [0.25, 0.3) is 0 Å². The van der Waals surface area contributed by atoms with Crippen molar-refractivity contribution in [3.8, 4) is 0 Å². The topological polar surface area (TPSA) is 82.1 Å². The molecule has 0 bridgehead atoms. The van der Waals surface area contributed by atoms with Crippen molar-refractivity contribution in [2.24, 2.45) is 0 Å². The van der Waals surface area contributed by atoms with Crippen LogP contribution in [0.1, 0.15) is 0 Å². The maximum atomic E-state index is 10.7. The van der Waals surface area contributed by atoms with Gasteiger partial charge in [-0.25, -0.2) is 0 Å². The molecule has 0 amide bonds. The van der Waals surface area contributed by atoms with Crippen molar-refractivity contribution in [3.05, 3.63) is 56.6 Å². The van der Waals surface area contributed by atoms with E-state index in [1.54, 1.807) is 12.1 Å². The molecule has 2 N–H and O–H groups in total. The van der Waals surface area contributed by atoms with E-state index in [4.69, 9.17) is 28.9 Å². The second-order valence-corrected chi connectivity index (χ2v) is 8.99. The molecular weight excluding hydrogens is 451 g/mol. The van der Waals surface area contributed by atoms with Crippen molar-refractivity contribution < 1.29 is 4.92 Å². The molecule has 0 aliphatic carbocycles. The molecule has 2 aromatic rings. The Hall–Kier alpha value is -2.26. The second-order valence-electron chi connectivity index (χ2n) is 8.18. The van der Waals surface area contributed by atoms with Crippen molar-refractivity contribution in [1.29, 1.82) is 0 Å². The molecule has 0 saturated carbocycles. The molecule has 0 radical (unpaired) electrons. The average molecular weight is 481 g/mol. The first kappa shape index (κ1) is 24.4. The van der Waals surface area contributed by atoms with Gasteiger partial charge in [-0.15, -0.1) is 0 Å². The molecule has 32 heavy (non-hydrogen) atoms. The van der Waals surface area contributed by atoms with Crippen LogP contribution in [0, 0.1) is 10.1 Å². The first-order valence-corrected chi connectivity index (χ1v) is 11.4. The molecule has 174 valence electrons. The summed E-state index contributed by atoms with van der Waals surface area (Å²) in [6.07, 6.45) is 0. The quantitative estimate of drug-likeness (QED) is 0.407. The summed E-state index contributed by atoms with van der Waals surface area (Å²) in [6.45, 7) is 8.13. The van der Waals surface area contributed by atoms with Gasteiger partial charge in [0.05, 0.1) is 15.6 Å². The molecule has 2 fully saturated rings. The van der Waals surface area contributed by atoms with Crippen LogP contribution in [0.5, 0.6) is 0 Å². The number of nitrogen functional groups attached to an aromatic ring is 1. The van der Waals surface area contributed by atoms with E-state index in [0.29, 0.717) is 10.7 Å². The fourth-order valence-corrected chi connectivity index (χ4v) is 4.10. The fourth-order valence-electron chi connectivity index (χ4n) is 3.68. The van der Waals surface area contributed by atoms with E-state index in [9.17, 15) is 10.1 Å². The summed E-state index contributed by atoms with van der Waals surface area (Å²) in [7, 11) is 4.23. The molecule has 4 rings (SSSR count). The molecule has 8 nitrogen and oxygen atoms in total. The molecule has 2 aliphatic rings. The molecule has 0 aromatic heterocycles. The Labute approximate surface area is 199 Å². The lowest BCUT2D eigenvalue weighted by molar-refractivity contribution is -0.384. The lowest BCUT2D eigenvalue weighted by Gasteiger charge is -2.34. The number of piperazine rings is 2. The molecule has 2 aromatic carbocycles. The van der Waals surface area contributed by atoms with Crippen molar-refractivity contribution in [1.82, 2.24) is 9.80 Å². The SMILES string of the molecule is CN1CCN(c2ccc(N)c(Cl)c2)CC1.CN1CCN(c2ccc([N+](=O)[O-])c(Cl)c2)CC1. The van der Waals surface area contributed by atoms with Crippen molar-refractivity contribution in [2.45, 2.75) is 0 Å². The van der Waals surface area contributed by atoms with Gasteiger partial charge in [0.25, 0.3) is 5.69 Å². The number of hydrogen-bond donors (Lipinski definition) is 1. The van der Waals surface area contributed by atoms with E-state index in [2.05, 4.69) is 33.7 Å². The molecule has 2 saturated heterocycles. The Bertz CT molecular complexity index is 929. The number of anilines is 3. The molecule has 0 unspecified atom stereocenters. The van der Waals surface area contributed by atoms with Gasteiger partial charge >= 0.3 is 0 Å². The zero-order valence-electron chi connectivity index (χ0n) is 18.5. The van der Waals surface area contributed by atoms with Gasteiger partial charge in [0.1, 0.15) is 5.02 Å². The number of halogens is 2. The van der Waals surface area contributed by atoms with Gasteiger partial charge in [-0.2, -0.15) is 0 Å². The number of hydrogen-bond acceptors (Lipinski definition) is 7. The van der Waals surface area contributed by atoms with Crippen LogP contribution in [-0.4, -0.2) is 81.2 Å². The molecule has 0 spiro atoms. The Kier molecular flexibility index (Phi) is 8.42. The first-order chi connectivity index (χ1) is 15.2.